The summed E-state index contributed by atoms with van der Waals surface area (Å²) in [7, 11) is 1.56. The highest BCUT2D eigenvalue weighted by Gasteiger charge is 2.30. The molecule has 0 saturated carbocycles. The van der Waals surface area contributed by atoms with Gasteiger partial charge < -0.3 is 9.47 Å². The first-order valence-corrected chi connectivity index (χ1v) is 12.2. The predicted octanol–water partition coefficient (Wildman–Crippen LogP) is 8.05. The monoisotopic (exact) mass is 529 g/mol. The van der Waals surface area contributed by atoms with Crippen LogP contribution in [-0.2, 0) is 17.8 Å². The molecule has 1 aromatic heterocycles. The van der Waals surface area contributed by atoms with Crippen molar-refractivity contribution in [1.29, 1.82) is 0 Å². The zero-order valence-corrected chi connectivity index (χ0v) is 21.3. The number of methoxy groups -OCH3 is 1. The molecule has 1 N–H and O–H groups in total. The number of carbonyl (C=O) groups is 1. The van der Waals surface area contributed by atoms with Crippen LogP contribution in [0.3, 0.4) is 0 Å². The second-order valence-electron chi connectivity index (χ2n) is 8.50. The Morgan fingerprint density at radius 3 is 2.68 bits per heavy atom. The standard InChI is InChI=1S/C29H21Cl2N3O3/c1-32-27-26-19(15-33-28(27)34-29(35)37-16-18-7-3-6-10-25(18)36-2)13-22(20-8-4-5-9-21(20)26)17-11-12-23(30)24(31)14-17/h3-12,14-15,22H,13,16H2,2H3,(H,33,34,35). The van der Waals surface area contributed by atoms with Crippen molar-refractivity contribution in [2.24, 2.45) is 0 Å². The molecule has 1 heterocycles. The Hall–Kier alpha value is -4.05. The van der Waals surface area contributed by atoms with Gasteiger partial charge in [-0.1, -0.05) is 71.7 Å². The summed E-state index contributed by atoms with van der Waals surface area (Å²) >= 11 is 12.5. The van der Waals surface area contributed by atoms with Crippen LogP contribution in [-0.4, -0.2) is 18.2 Å². The summed E-state index contributed by atoms with van der Waals surface area (Å²) in [5.41, 5.74) is 5.68. The summed E-state index contributed by atoms with van der Waals surface area (Å²) in [6.45, 7) is 7.93. The van der Waals surface area contributed by atoms with Gasteiger partial charge in [-0.3, -0.25) is 10.3 Å². The van der Waals surface area contributed by atoms with E-state index in [1.807, 2.05) is 54.6 Å². The molecule has 1 aliphatic carbocycles. The van der Waals surface area contributed by atoms with Gasteiger partial charge in [0, 0.05) is 17.7 Å². The lowest BCUT2D eigenvalue weighted by Gasteiger charge is -2.29. The fraction of sp³-hybridized carbons (Fsp3) is 0.138. The van der Waals surface area contributed by atoms with Crippen LogP contribution >= 0.6 is 23.2 Å². The van der Waals surface area contributed by atoms with Crippen molar-refractivity contribution >= 4 is 40.8 Å². The number of hydrogen-bond acceptors (Lipinski definition) is 4. The molecule has 0 radical (unpaired) electrons. The number of para-hydroxylation sites is 1. The van der Waals surface area contributed by atoms with Crippen LogP contribution in [0.1, 0.15) is 28.2 Å². The van der Waals surface area contributed by atoms with Crippen LogP contribution in [0.5, 0.6) is 5.75 Å². The molecule has 1 unspecified atom stereocenters. The van der Waals surface area contributed by atoms with E-state index in [4.69, 9.17) is 39.2 Å². The minimum absolute atomic E-state index is 0.0162. The number of halogens is 2. The summed E-state index contributed by atoms with van der Waals surface area (Å²) < 4.78 is 10.7. The van der Waals surface area contributed by atoms with Crippen molar-refractivity contribution in [3.63, 3.8) is 0 Å². The highest BCUT2D eigenvalue weighted by Crippen LogP contribution is 2.48. The summed E-state index contributed by atoms with van der Waals surface area (Å²) in [6, 6.07) is 20.9. The van der Waals surface area contributed by atoms with Crippen LogP contribution in [0.4, 0.5) is 16.3 Å². The van der Waals surface area contributed by atoms with Gasteiger partial charge in [-0.05, 0) is 52.4 Å². The number of ether oxygens (including phenoxy) is 2. The van der Waals surface area contributed by atoms with Crippen LogP contribution in [0.2, 0.25) is 10.0 Å². The summed E-state index contributed by atoms with van der Waals surface area (Å²) in [5, 5.41) is 3.64. The molecule has 0 saturated heterocycles. The Labute approximate surface area is 224 Å². The molecular formula is C29H21Cl2N3O3. The van der Waals surface area contributed by atoms with Crippen LogP contribution in [0.15, 0.2) is 72.9 Å². The smallest absolute Gasteiger partial charge is 0.412 e. The Morgan fingerprint density at radius 1 is 1.11 bits per heavy atom. The highest BCUT2D eigenvalue weighted by molar-refractivity contribution is 6.42. The average molecular weight is 530 g/mol. The van der Waals surface area contributed by atoms with Gasteiger partial charge in [0.1, 0.15) is 18.2 Å². The maximum absolute atomic E-state index is 12.6. The molecule has 4 aromatic rings. The van der Waals surface area contributed by atoms with Crippen molar-refractivity contribution in [2.45, 2.75) is 18.9 Å². The van der Waals surface area contributed by atoms with Gasteiger partial charge in [0.05, 0.1) is 23.7 Å². The van der Waals surface area contributed by atoms with Crippen LogP contribution in [0, 0.1) is 6.57 Å². The zero-order chi connectivity index (χ0) is 25.9. The summed E-state index contributed by atoms with van der Waals surface area (Å²) in [4.78, 5) is 20.8. The molecule has 1 atom stereocenters. The van der Waals surface area contributed by atoms with E-state index in [1.54, 1.807) is 25.4 Å². The number of benzene rings is 3. The molecule has 0 bridgehead atoms. The molecule has 0 aliphatic heterocycles. The molecule has 8 heteroatoms. The summed E-state index contributed by atoms with van der Waals surface area (Å²) in [5.74, 6) is 0.794. The van der Waals surface area contributed by atoms with Gasteiger partial charge in [0.2, 0.25) is 5.69 Å². The minimum atomic E-state index is -0.707. The lowest BCUT2D eigenvalue weighted by molar-refractivity contribution is 0.154. The Balaban J connectivity index is 1.45. The van der Waals surface area contributed by atoms with Crippen LogP contribution in [0.25, 0.3) is 16.0 Å². The Morgan fingerprint density at radius 2 is 1.89 bits per heavy atom. The third-order valence-electron chi connectivity index (χ3n) is 6.39. The fourth-order valence-corrected chi connectivity index (χ4v) is 4.98. The molecule has 6 nitrogen and oxygen atoms in total. The lowest BCUT2D eigenvalue weighted by atomic mass is 9.76. The number of carbonyl (C=O) groups excluding carboxylic acids is 1. The van der Waals surface area contributed by atoms with Crippen molar-refractivity contribution < 1.29 is 14.3 Å². The minimum Gasteiger partial charge on any atom is -0.496 e. The molecule has 1 amide bonds. The second-order valence-corrected chi connectivity index (χ2v) is 9.31. The van der Waals surface area contributed by atoms with Crippen molar-refractivity contribution in [2.75, 3.05) is 12.4 Å². The van der Waals surface area contributed by atoms with Crippen molar-refractivity contribution in [1.82, 2.24) is 4.98 Å². The molecule has 184 valence electrons. The average Bonchev–Trinajstić information content (AvgIpc) is 2.93. The van der Waals surface area contributed by atoms with Gasteiger partial charge in [-0.15, -0.1) is 0 Å². The normalized spacial score (nSPS) is 13.6. The van der Waals surface area contributed by atoms with E-state index in [-0.39, 0.29) is 24.0 Å². The third-order valence-corrected chi connectivity index (χ3v) is 7.13. The molecular weight excluding hydrogens is 509 g/mol. The van der Waals surface area contributed by atoms with Gasteiger partial charge in [-0.25, -0.2) is 9.64 Å². The van der Waals surface area contributed by atoms with Crippen molar-refractivity contribution in [3.05, 3.63) is 117 Å². The van der Waals surface area contributed by atoms with E-state index < -0.39 is 6.09 Å². The second kappa shape index (κ2) is 10.5. The van der Waals surface area contributed by atoms with Gasteiger partial charge in [-0.2, -0.15) is 0 Å². The lowest BCUT2D eigenvalue weighted by Crippen LogP contribution is -2.17. The van der Waals surface area contributed by atoms with E-state index in [2.05, 4.69) is 15.1 Å². The number of nitrogens with one attached hydrogen (secondary N) is 1. The fourth-order valence-electron chi connectivity index (χ4n) is 4.68. The maximum atomic E-state index is 12.6. The van der Waals surface area contributed by atoms with E-state index in [0.717, 1.165) is 33.4 Å². The number of nitrogens with zero attached hydrogens (tertiary/aromatic N) is 2. The SMILES string of the molecule is [C-]#[N+]c1c(NC(=O)OCc2ccccc2OC)ncc2c1-c1ccccc1C(c1ccc(Cl)c(Cl)c1)C2. The molecule has 0 fully saturated rings. The van der Waals surface area contributed by atoms with E-state index in [9.17, 15) is 4.79 Å². The number of amides is 1. The van der Waals surface area contributed by atoms with Crippen LogP contribution < -0.4 is 10.1 Å². The number of rotatable bonds is 5. The first kappa shape index (κ1) is 24.6. The van der Waals surface area contributed by atoms with E-state index in [1.165, 1.54) is 0 Å². The van der Waals surface area contributed by atoms with E-state index >= 15 is 0 Å². The molecule has 0 spiro atoms. The topological polar surface area (TPSA) is 64.8 Å². The highest BCUT2D eigenvalue weighted by atomic mass is 35.5. The van der Waals surface area contributed by atoms with Crippen molar-refractivity contribution in [3.8, 4) is 16.9 Å². The molecule has 1 aliphatic rings. The number of pyridine rings is 1. The Kier molecular flexibility index (Phi) is 7.00. The predicted molar refractivity (Wildman–Crippen MR) is 145 cm³/mol. The third kappa shape index (κ3) is 4.84. The molecule has 37 heavy (non-hydrogen) atoms. The number of hydrogen-bond donors (Lipinski definition) is 1. The molecule has 5 rings (SSSR count). The quantitative estimate of drug-likeness (QED) is 0.265. The van der Waals surface area contributed by atoms with E-state index in [0.29, 0.717) is 22.2 Å². The number of anilines is 1. The van der Waals surface area contributed by atoms with Gasteiger partial charge in [0.15, 0.2) is 0 Å². The van der Waals surface area contributed by atoms with Gasteiger partial charge in [0.25, 0.3) is 0 Å². The number of fused-ring (bicyclic) bond motifs is 3. The Bertz CT molecular complexity index is 1550. The largest absolute Gasteiger partial charge is 0.496 e. The zero-order valence-electron chi connectivity index (χ0n) is 19.8. The number of aromatic nitrogens is 1. The first-order chi connectivity index (χ1) is 18.0. The first-order valence-electron chi connectivity index (χ1n) is 11.5. The van der Waals surface area contributed by atoms with Gasteiger partial charge >= 0.3 is 6.09 Å². The summed E-state index contributed by atoms with van der Waals surface area (Å²) in [6.07, 6.45) is 1.62. The maximum Gasteiger partial charge on any atom is 0.412 e. The molecule has 3 aromatic carbocycles.